The summed E-state index contributed by atoms with van der Waals surface area (Å²) < 4.78 is 21.8. The summed E-state index contributed by atoms with van der Waals surface area (Å²) in [6.07, 6.45) is 0.786. The second-order valence-corrected chi connectivity index (χ2v) is 6.65. The molecule has 0 bridgehead atoms. The van der Waals surface area contributed by atoms with Crippen molar-refractivity contribution in [1.82, 2.24) is 0 Å². The van der Waals surface area contributed by atoms with Crippen molar-refractivity contribution in [3.63, 3.8) is 0 Å². The summed E-state index contributed by atoms with van der Waals surface area (Å²) in [6.45, 7) is 2.84. The molecule has 138 valence electrons. The zero-order chi connectivity index (χ0) is 18.5. The maximum absolute atomic E-state index is 11.9. The molecule has 0 N–H and O–H groups in total. The molecule has 0 saturated carbocycles. The van der Waals surface area contributed by atoms with Crippen molar-refractivity contribution in [1.29, 1.82) is 0 Å². The normalized spacial score (nSPS) is 13.0. The predicted octanol–water partition coefficient (Wildman–Crippen LogP) is 4.59. The number of fused-ring (bicyclic) bond motifs is 1. The fourth-order valence-electron chi connectivity index (χ4n) is 2.43. The Balaban J connectivity index is 1.57. The van der Waals surface area contributed by atoms with Gasteiger partial charge in [0.25, 0.3) is 0 Å². The van der Waals surface area contributed by atoms with Gasteiger partial charge in [-0.1, -0.05) is 29.3 Å². The minimum absolute atomic E-state index is 0.0557. The van der Waals surface area contributed by atoms with E-state index in [-0.39, 0.29) is 13.2 Å². The summed E-state index contributed by atoms with van der Waals surface area (Å²) in [6, 6.07) is 8.80. The molecular formula is C19H18Cl2O5. The van der Waals surface area contributed by atoms with Crippen molar-refractivity contribution < 1.29 is 23.7 Å². The number of carbonyl (C=O) groups excluding carboxylic acids is 1. The summed E-state index contributed by atoms with van der Waals surface area (Å²) >= 11 is 12.3. The van der Waals surface area contributed by atoms with Gasteiger partial charge in [0.1, 0.15) is 12.4 Å². The molecule has 2 aromatic rings. The summed E-state index contributed by atoms with van der Waals surface area (Å²) in [5.74, 6) is 1.02. The minimum Gasteiger partial charge on any atom is -0.489 e. The minimum atomic E-state index is -0.509. The standard InChI is InChI=1S/C19H18Cl2O5/c1-12-3-4-14(20)16(7-12)25-11-18(22)26-10-13-8-15(21)19-17(9-13)23-5-2-6-24-19/h3-4,7-9H,2,5-6,10-11H2,1H3. The Kier molecular flexibility index (Phi) is 6.12. The maximum Gasteiger partial charge on any atom is 0.344 e. The Morgan fingerprint density at radius 3 is 2.77 bits per heavy atom. The van der Waals surface area contributed by atoms with Gasteiger partial charge in [0.15, 0.2) is 18.1 Å². The molecule has 0 amide bonds. The third-order valence-corrected chi connectivity index (χ3v) is 4.29. The fourth-order valence-corrected chi connectivity index (χ4v) is 2.89. The van der Waals surface area contributed by atoms with Gasteiger partial charge in [-0.3, -0.25) is 0 Å². The average Bonchev–Trinajstić information content (AvgIpc) is 2.86. The van der Waals surface area contributed by atoms with Crippen molar-refractivity contribution in [2.45, 2.75) is 20.0 Å². The van der Waals surface area contributed by atoms with Crippen molar-refractivity contribution >= 4 is 29.2 Å². The van der Waals surface area contributed by atoms with Crippen LogP contribution in [-0.4, -0.2) is 25.8 Å². The van der Waals surface area contributed by atoms with Crippen molar-refractivity contribution in [2.75, 3.05) is 19.8 Å². The zero-order valence-electron chi connectivity index (χ0n) is 14.2. The van der Waals surface area contributed by atoms with Crippen LogP contribution in [0.2, 0.25) is 10.0 Å². The second-order valence-electron chi connectivity index (χ2n) is 5.84. The SMILES string of the molecule is Cc1ccc(Cl)c(OCC(=O)OCc2cc(Cl)c3c(c2)OCCCO3)c1. The van der Waals surface area contributed by atoms with E-state index in [1.54, 1.807) is 24.3 Å². The van der Waals surface area contributed by atoms with E-state index >= 15 is 0 Å². The molecule has 0 aromatic heterocycles. The van der Waals surface area contributed by atoms with Crippen LogP contribution in [-0.2, 0) is 16.1 Å². The number of halogens is 2. The fraction of sp³-hybridized carbons (Fsp3) is 0.316. The molecular weight excluding hydrogens is 379 g/mol. The highest BCUT2D eigenvalue weighted by atomic mass is 35.5. The smallest absolute Gasteiger partial charge is 0.344 e. The molecule has 5 nitrogen and oxygen atoms in total. The van der Waals surface area contributed by atoms with Crippen molar-refractivity contribution in [3.8, 4) is 17.2 Å². The molecule has 0 atom stereocenters. The van der Waals surface area contributed by atoms with E-state index in [0.29, 0.717) is 46.1 Å². The molecule has 2 aromatic carbocycles. The zero-order valence-corrected chi connectivity index (χ0v) is 15.7. The number of rotatable bonds is 5. The molecule has 0 aliphatic carbocycles. The summed E-state index contributed by atoms with van der Waals surface area (Å²) in [5.41, 5.74) is 1.70. The van der Waals surface area contributed by atoms with Gasteiger partial charge in [0.2, 0.25) is 0 Å². The van der Waals surface area contributed by atoms with Crippen LogP contribution in [0.15, 0.2) is 30.3 Å². The number of hydrogen-bond acceptors (Lipinski definition) is 5. The topological polar surface area (TPSA) is 54.0 Å². The Labute approximate surface area is 161 Å². The van der Waals surface area contributed by atoms with Crippen LogP contribution in [0.4, 0.5) is 0 Å². The number of hydrogen-bond donors (Lipinski definition) is 0. The lowest BCUT2D eigenvalue weighted by molar-refractivity contribution is -0.147. The molecule has 7 heteroatoms. The lowest BCUT2D eigenvalue weighted by Crippen LogP contribution is -2.15. The monoisotopic (exact) mass is 396 g/mol. The molecule has 0 spiro atoms. The molecule has 26 heavy (non-hydrogen) atoms. The molecule has 0 saturated heterocycles. The van der Waals surface area contributed by atoms with Gasteiger partial charge in [0.05, 0.1) is 23.3 Å². The molecule has 1 aliphatic heterocycles. The highest BCUT2D eigenvalue weighted by molar-refractivity contribution is 6.32. The molecule has 1 aliphatic rings. The summed E-state index contributed by atoms with van der Waals surface area (Å²) in [5, 5.41) is 0.872. The largest absolute Gasteiger partial charge is 0.489 e. The van der Waals surface area contributed by atoms with E-state index in [1.165, 1.54) is 0 Å². The quantitative estimate of drug-likeness (QED) is 0.691. The van der Waals surface area contributed by atoms with Gasteiger partial charge >= 0.3 is 5.97 Å². The Hall–Kier alpha value is -2.11. The first-order chi connectivity index (χ1) is 12.5. The predicted molar refractivity (Wildman–Crippen MR) is 98.5 cm³/mol. The summed E-state index contributed by atoms with van der Waals surface area (Å²) in [7, 11) is 0. The van der Waals surface area contributed by atoms with E-state index in [1.807, 2.05) is 13.0 Å². The van der Waals surface area contributed by atoms with Gasteiger partial charge in [-0.05, 0) is 42.3 Å². The lowest BCUT2D eigenvalue weighted by Gasteiger charge is -2.12. The second kappa shape index (κ2) is 8.52. The first-order valence-corrected chi connectivity index (χ1v) is 8.91. The van der Waals surface area contributed by atoms with Crippen LogP contribution in [0, 0.1) is 6.92 Å². The number of carbonyl (C=O) groups is 1. The van der Waals surface area contributed by atoms with E-state index in [4.69, 9.17) is 42.1 Å². The van der Waals surface area contributed by atoms with Crippen LogP contribution in [0.5, 0.6) is 17.2 Å². The molecule has 0 radical (unpaired) electrons. The number of benzene rings is 2. The van der Waals surface area contributed by atoms with Crippen LogP contribution in [0.3, 0.4) is 0 Å². The molecule has 3 rings (SSSR count). The average molecular weight is 397 g/mol. The highest BCUT2D eigenvalue weighted by Gasteiger charge is 2.16. The number of ether oxygens (including phenoxy) is 4. The van der Waals surface area contributed by atoms with Crippen LogP contribution < -0.4 is 14.2 Å². The lowest BCUT2D eigenvalue weighted by atomic mass is 10.2. The van der Waals surface area contributed by atoms with Crippen LogP contribution in [0.1, 0.15) is 17.5 Å². The van der Waals surface area contributed by atoms with Crippen molar-refractivity contribution in [2.24, 2.45) is 0 Å². The number of aryl methyl sites for hydroxylation is 1. The van der Waals surface area contributed by atoms with Crippen LogP contribution in [0.25, 0.3) is 0 Å². The molecule has 0 unspecified atom stereocenters. The maximum atomic E-state index is 11.9. The molecule has 1 heterocycles. The Bertz CT molecular complexity index is 807. The van der Waals surface area contributed by atoms with Gasteiger partial charge in [-0.25, -0.2) is 4.79 Å². The third-order valence-electron chi connectivity index (χ3n) is 3.69. The number of esters is 1. The third kappa shape index (κ3) is 4.74. The van der Waals surface area contributed by atoms with Gasteiger partial charge in [-0.2, -0.15) is 0 Å². The van der Waals surface area contributed by atoms with E-state index in [2.05, 4.69) is 0 Å². The Morgan fingerprint density at radius 2 is 1.92 bits per heavy atom. The van der Waals surface area contributed by atoms with Gasteiger partial charge in [0, 0.05) is 6.42 Å². The van der Waals surface area contributed by atoms with Gasteiger partial charge < -0.3 is 18.9 Å². The first-order valence-electron chi connectivity index (χ1n) is 8.15. The molecule has 0 fully saturated rings. The van der Waals surface area contributed by atoms with Gasteiger partial charge in [-0.15, -0.1) is 0 Å². The summed E-state index contributed by atoms with van der Waals surface area (Å²) in [4.78, 5) is 11.9. The first kappa shape index (κ1) is 18.7. The van der Waals surface area contributed by atoms with E-state index in [9.17, 15) is 4.79 Å². The van der Waals surface area contributed by atoms with Crippen molar-refractivity contribution in [3.05, 3.63) is 51.5 Å². The highest BCUT2D eigenvalue weighted by Crippen LogP contribution is 2.38. The Morgan fingerprint density at radius 1 is 1.12 bits per heavy atom. The van der Waals surface area contributed by atoms with E-state index in [0.717, 1.165) is 12.0 Å². The van der Waals surface area contributed by atoms with E-state index < -0.39 is 5.97 Å². The van der Waals surface area contributed by atoms with Crippen LogP contribution >= 0.6 is 23.2 Å².